The molecular weight excluding hydrogens is 386 g/mol. The number of aryl methyl sites for hydroxylation is 1. The Bertz CT molecular complexity index is 1170. The summed E-state index contributed by atoms with van der Waals surface area (Å²) in [6, 6.07) is 16.2. The zero-order valence-corrected chi connectivity index (χ0v) is 16.2. The van der Waals surface area contributed by atoms with E-state index >= 15 is 0 Å². The van der Waals surface area contributed by atoms with Gasteiger partial charge in [-0.2, -0.15) is 5.26 Å². The number of nitrogens with zero attached hydrogens (tertiary/aromatic N) is 2. The molecular formula is C22H17N3O5. The van der Waals surface area contributed by atoms with Gasteiger partial charge in [-0.15, -0.1) is 0 Å². The van der Waals surface area contributed by atoms with Crippen molar-refractivity contribution >= 4 is 23.4 Å². The van der Waals surface area contributed by atoms with E-state index in [1.807, 2.05) is 6.07 Å². The highest BCUT2D eigenvalue weighted by Crippen LogP contribution is 2.29. The quantitative estimate of drug-likeness (QED) is 0.275. The number of methoxy groups -OCH3 is 1. The molecule has 3 rings (SSSR count). The highest BCUT2D eigenvalue weighted by Gasteiger charge is 2.15. The number of rotatable bonds is 6. The lowest BCUT2D eigenvalue weighted by Gasteiger charge is -2.05. The number of nitriles is 1. The summed E-state index contributed by atoms with van der Waals surface area (Å²) in [6.07, 6.45) is 1.31. The zero-order chi connectivity index (χ0) is 21.7. The van der Waals surface area contributed by atoms with Crippen molar-refractivity contribution in [2.45, 2.75) is 6.92 Å². The summed E-state index contributed by atoms with van der Waals surface area (Å²) in [7, 11) is 1.54. The number of non-ortho nitro benzene ring substituents is 1. The molecule has 1 N–H and O–H groups in total. The molecule has 150 valence electrons. The number of carbonyl (C=O) groups excluding carboxylic acids is 1. The third kappa shape index (κ3) is 4.54. The first-order valence-electron chi connectivity index (χ1n) is 8.83. The number of hydrogen-bond acceptors (Lipinski definition) is 6. The third-order valence-corrected chi connectivity index (χ3v) is 4.32. The van der Waals surface area contributed by atoms with Crippen molar-refractivity contribution in [1.29, 1.82) is 5.26 Å². The fourth-order valence-corrected chi connectivity index (χ4v) is 2.73. The predicted molar refractivity (Wildman–Crippen MR) is 111 cm³/mol. The number of furan rings is 1. The Labute approximate surface area is 172 Å². The second-order valence-corrected chi connectivity index (χ2v) is 6.31. The molecule has 0 bridgehead atoms. The topological polar surface area (TPSA) is 118 Å². The number of nitrogens with one attached hydrogen (secondary N) is 1. The predicted octanol–water partition coefficient (Wildman–Crippen LogP) is 4.72. The van der Waals surface area contributed by atoms with Gasteiger partial charge in [-0.25, -0.2) is 0 Å². The zero-order valence-electron chi connectivity index (χ0n) is 16.2. The molecule has 1 aromatic heterocycles. The monoisotopic (exact) mass is 403 g/mol. The normalized spacial score (nSPS) is 10.9. The van der Waals surface area contributed by atoms with Crippen LogP contribution in [0.25, 0.3) is 17.4 Å². The molecule has 0 unspecified atom stereocenters. The number of carbonyl (C=O) groups is 1. The van der Waals surface area contributed by atoms with Crippen molar-refractivity contribution in [2.75, 3.05) is 12.4 Å². The number of hydrogen-bond donors (Lipinski definition) is 1. The molecule has 2 aromatic carbocycles. The molecule has 0 fully saturated rings. The SMILES string of the molecule is COc1ccc(NC(=O)/C(C#N)=C/c2ccc(-c3cc([N+](=O)[O-])ccc3C)o2)cc1. The van der Waals surface area contributed by atoms with Crippen molar-refractivity contribution < 1.29 is 18.9 Å². The molecule has 8 heteroatoms. The van der Waals surface area contributed by atoms with Crippen LogP contribution in [-0.2, 0) is 4.79 Å². The fourth-order valence-electron chi connectivity index (χ4n) is 2.73. The smallest absolute Gasteiger partial charge is 0.270 e. The summed E-state index contributed by atoms with van der Waals surface area (Å²) in [5.41, 5.74) is 1.66. The Morgan fingerprint density at radius 2 is 1.93 bits per heavy atom. The maximum absolute atomic E-state index is 12.4. The van der Waals surface area contributed by atoms with Crippen LogP contribution in [0.3, 0.4) is 0 Å². The van der Waals surface area contributed by atoms with Gasteiger partial charge in [0.25, 0.3) is 11.6 Å². The molecule has 8 nitrogen and oxygen atoms in total. The second kappa shape index (κ2) is 8.75. The summed E-state index contributed by atoms with van der Waals surface area (Å²) >= 11 is 0. The average Bonchev–Trinajstić information content (AvgIpc) is 3.21. The summed E-state index contributed by atoms with van der Waals surface area (Å²) in [4.78, 5) is 22.9. The van der Waals surface area contributed by atoms with E-state index in [9.17, 15) is 20.2 Å². The summed E-state index contributed by atoms with van der Waals surface area (Å²) in [5, 5.41) is 23.0. The van der Waals surface area contributed by atoms with Gasteiger partial charge in [-0.05, 0) is 48.9 Å². The van der Waals surface area contributed by atoms with Gasteiger partial charge in [0, 0.05) is 29.5 Å². The van der Waals surface area contributed by atoms with Gasteiger partial charge in [0.05, 0.1) is 12.0 Å². The summed E-state index contributed by atoms with van der Waals surface area (Å²) < 4.78 is 10.8. The number of benzene rings is 2. The van der Waals surface area contributed by atoms with Crippen molar-refractivity contribution in [2.24, 2.45) is 0 Å². The molecule has 0 atom stereocenters. The van der Waals surface area contributed by atoms with Gasteiger partial charge in [-0.1, -0.05) is 6.07 Å². The van der Waals surface area contributed by atoms with E-state index in [1.165, 1.54) is 25.3 Å². The minimum atomic E-state index is -0.591. The van der Waals surface area contributed by atoms with Crippen LogP contribution in [0.2, 0.25) is 0 Å². The minimum Gasteiger partial charge on any atom is -0.497 e. The molecule has 0 saturated carbocycles. The van der Waals surface area contributed by atoms with Crippen LogP contribution in [0.15, 0.2) is 64.6 Å². The molecule has 0 saturated heterocycles. The van der Waals surface area contributed by atoms with Crippen LogP contribution < -0.4 is 10.1 Å². The van der Waals surface area contributed by atoms with Crippen LogP contribution in [0.1, 0.15) is 11.3 Å². The highest BCUT2D eigenvalue weighted by molar-refractivity contribution is 6.09. The van der Waals surface area contributed by atoms with Crippen molar-refractivity contribution in [3.05, 3.63) is 81.6 Å². The molecule has 3 aromatic rings. The fraction of sp³-hybridized carbons (Fsp3) is 0.0909. The van der Waals surface area contributed by atoms with Crippen LogP contribution in [-0.4, -0.2) is 17.9 Å². The summed E-state index contributed by atoms with van der Waals surface area (Å²) in [6.45, 7) is 1.81. The highest BCUT2D eigenvalue weighted by atomic mass is 16.6. The maximum Gasteiger partial charge on any atom is 0.270 e. The van der Waals surface area contributed by atoms with Crippen molar-refractivity contribution in [3.63, 3.8) is 0 Å². The molecule has 0 aliphatic heterocycles. The average molecular weight is 403 g/mol. The number of amides is 1. The largest absolute Gasteiger partial charge is 0.497 e. The Morgan fingerprint density at radius 3 is 2.57 bits per heavy atom. The Hall–Kier alpha value is -4.38. The van der Waals surface area contributed by atoms with Crippen LogP contribution >= 0.6 is 0 Å². The Balaban J connectivity index is 1.83. The van der Waals surface area contributed by atoms with Gasteiger partial charge in [0.15, 0.2) is 0 Å². The van der Waals surface area contributed by atoms with E-state index in [0.717, 1.165) is 5.56 Å². The minimum absolute atomic E-state index is 0.0549. The van der Waals surface area contributed by atoms with E-state index in [1.54, 1.807) is 49.4 Å². The standard InChI is InChI=1S/C22H17N3O5/c1-14-3-6-17(25(27)28)12-20(14)21-10-9-19(30-21)11-15(13-23)22(26)24-16-4-7-18(29-2)8-5-16/h3-12H,1-2H3,(H,24,26)/b15-11+. The first-order chi connectivity index (χ1) is 14.4. The molecule has 0 aliphatic carbocycles. The van der Waals surface area contributed by atoms with Gasteiger partial charge in [0.1, 0.15) is 28.9 Å². The van der Waals surface area contributed by atoms with Gasteiger partial charge >= 0.3 is 0 Å². The summed E-state index contributed by atoms with van der Waals surface area (Å²) in [5.74, 6) is 0.725. The van der Waals surface area contributed by atoms with E-state index < -0.39 is 10.8 Å². The third-order valence-electron chi connectivity index (χ3n) is 4.32. The number of nitro benzene ring substituents is 1. The molecule has 1 heterocycles. The number of anilines is 1. The van der Waals surface area contributed by atoms with Gasteiger partial charge in [0.2, 0.25) is 0 Å². The first kappa shape index (κ1) is 20.4. The van der Waals surface area contributed by atoms with E-state index in [2.05, 4.69) is 5.32 Å². The first-order valence-corrected chi connectivity index (χ1v) is 8.83. The maximum atomic E-state index is 12.4. The lowest BCUT2D eigenvalue weighted by molar-refractivity contribution is -0.384. The van der Waals surface area contributed by atoms with E-state index in [4.69, 9.17) is 9.15 Å². The second-order valence-electron chi connectivity index (χ2n) is 6.31. The Kier molecular flexibility index (Phi) is 5.94. The van der Waals surface area contributed by atoms with Crippen LogP contribution in [0, 0.1) is 28.4 Å². The Morgan fingerprint density at radius 1 is 1.20 bits per heavy atom. The molecule has 0 aliphatic rings. The van der Waals surface area contributed by atoms with Crippen molar-refractivity contribution in [3.8, 4) is 23.1 Å². The van der Waals surface area contributed by atoms with Crippen LogP contribution in [0.5, 0.6) is 5.75 Å². The lowest BCUT2D eigenvalue weighted by Crippen LogP contribution is -2.13. The lowest BCUT2D eigenvalue weighted by atomic mass is 10.1. The van der Waals surface area contributed by atoms with E-state index in [-0.39, 0.29) is 17.0 Å². The van der Waals surface area contributed by atoms with Crippen LogP contribution in [0.4, 0.5) is 11.4 Å². The molecule has 0 spiro atoms. The molecule has 0 radical (unpaired) electrons. The van der Waals surface area contributed by atoms with Crippen molar-refractivity contribution in [1.82, 2.24) is 0 Å². The number of nitro groups is 1. The van der Waals surface area contributed by atoms with E-state index in [0.29, 0.717) is 22.8 Å². The molecule has 1 amide bonds. The molecule has 30 heavy (non-hydrogen) atoms. The number of ether oxygens (including phenoxy) is 1. The van der Waals surface area contributed by atoms with Gasteiger partial charge < -0.3 is 14.5 Å². The van der Waals surface area contributed by atoms with Gasteiger partial charge in [-0.3, -0.25) is 14.9 Å².